The molecule has 0 atom stereocenters. The molecule has 0 radical (unpaired) electrons. The van der Waals surface area contributed by atoms with Crippen LogP contribution in [0.4, 0.5) is 11.4 Å². The molecule has 0 heterocycles. The van der Waals surface area contributed by atoms with Crippen LogP contribution in [0.25, 0.3) is 0 Å². The van der Waals surface area contributed by atoms with Gasteiger partial charge in [-0.15, -0.1) is 0 Å². The number of Topliss-reactive ketones (excluding diaryl/α,β-unsaturated/α-hetero) is 1. The van der Waals surface area contributed by atoms with Crippen molar-refractivity contribution >= 4 is 29.0 Å². The van der Waals surface area contributed by atoms with Crippen LogP contribution in [0.5, 0.6) is 5.75 Å². The third-order valence-electron chi connectivity index (χ3n) is 4.39. The first-order valence-electron chi connectivity index (χ1n) is 9.19. The Hall–Kier alpha value is -3.75. The third-order valence-corrected chi connectivity index (χ3v) is 4.39. The minimum Gasteiger partial charge on any atom is -0.482 e. The van der Waals surface area contributed by atoms with Crippen LogP contribution in [-0.4, -0.2) is 35.8 Å². The number of hydrogen-bond acceptors (Lipinski definition) is 7. The first-order valence-corrected chi connectivity index (χ1v) is 9.19. The lowest BCUT2D eigenvalue weighted by molar-refractivity contribution is -0.384. The zero-order valence-corrected chi connectivity index (χ0v) is 16.9. The molecular weight excluding hydrogens is 392 g/mol. The third kappa shape index (κ3) is 5.87. The molecule has 0 aromatic heterocycles. The van der Waals surface area contributed by atoms with Crippen molar-refractivity contribution in [3.63, 3.8) is 0 Å². The highest BCUT2D eigenvalue weighted by molar-refractivity contribution is 5.96. The number of ether oxygens (including phenoxy) is 2. The molecule has 158 valence electrons. The second-order valence-corrected chi connectivity index (χ2v) is 6.46. The molecule has 0 saturated carbocycles. The van der Waals surface area contributed by atoms with Crippen molar-refractivity contribution in [3.05, 3.63) is 63.2 Å². The van der Waals surface area contributed by atoms with Crippen molar-refractivity contribution < 1.29 is 28.8 Å². The molecule has 9 nitrogen and oxygen atoms in total. The molecule has 0 fully saturated rings. The molecule has 2 aromatic carbocycles. The fourth-order valence-corrected chi connectivity index (χ4v) is 2.56. The predicted molar refractivity (Wildman–Crippen MR) is 109 cm³/mol. The highest BCUT2D eigenvalue weighted by atomic mass is 16.6. The average molecular weight is 414 g/mol. The van der Waals surface area contributed by atoms with E-state index >= 15 is 0 Å². The van der Waals surface area contributed by atoms with Crippen molar-refractivity contribution in [3.8, 4) is 5.75 Å². The number of benzene rings is 2. The second-order valence-electron chi connectivity index (χ2n) is 6.46. The molecule has 1 amide bonds. The fourth-order valence-electron chi connectivity index (χ4n) is 2.56. The van der Waals surface area contributed by atoms with Gasteiger partial charge in [0, 0.05) is 18.1 Å². The summed E-state index contributed by atoms with van der Waals surface area (Å²) in [6.45, 7) is 4.12. The van der Waals surface area contributed by atoms with E-state index in [9.17, 15) is 24.5 Å². The molecule has 0 spiro atoms. The molecule has 2 aromatic rings. The van der Waals surface area contributed by atoms with E-state index in [-0.39, 0.29) is 17.2 Å². The van der Waals surface area contributed by atoms with Gasteiger partial charge in [0.2, 0.25) is 0 Å². The van der Waals surface area contributed by atoms with Gasteiger partial charge in [-0.2, -0.15) is 0 Å². The molecule has 0 unspecified atom stereocenters. The molecule has 0 bridgehead atoms. The summed E-state index contributed by atoms with van der Waals surface area (Å²) >= 11 is 0. The number of nitro benzene ring substituents is 1. The average Bonchev–Trinajstić information content (AvgIpc) is 2.73. The van der Waals surface area contributed by atoms with Crippen LogP contribution >= 0.6 is 0 Å². The number of ketones is 1. The summed E-state index contributed by atoms with van der Waals surface area (Å²) < 4.78 is 10.1. The monoisotopic (exact) mass is 414 g/mol. The number of nitro groups is 1. The maximum absolute atomic E-state index is 12.1. The molecular formula is C21H22N2O7. The standard InChI is InChI=1S/C21H22N2O7/c1-4-18(24)15-6-8-16(9-7-15)29-12-20(26)30-11-19(25)22-21-14(3)13(2)5-10-17(21)23(27)28/h5-10H,4,11-12H2,1-3H3,(H,22,25). The summed E-state index contributed by atoms with van der Waals surface area (Å²) in [6, 6.07) is 9.20. The SMILES string of the molecule is CCC(=O)c1ccc(OCC(=O)OCC(=O)Nc2c([N+](=O)[O-])ccc(C)c2C)cc1. The summed E-state index contributed by atoms with van der Waals surface area (Å²) in [5, 5.41) is 13.6. The van der Waals surface area contributed by atoms with Crippen LogP contribution in [0.3, 0.4) is 0 Å². The highest BCUT2D eigenvalue weighted by Crippen LogP contribution is 2.30. The number of nitrogens with one attached hydrogen (secondary N) is 1. The maximum Gasteiger partial charge on any atom is 0.344 e. The van der Waals surface area contributed by atoms with E-state index < -0.39 is 30.0 Å². The van der Waals surface area contributed by atoms with Gasteiger partial charge in [-0.25, -0.2) is 4.79 Å². The van der Waals surface area contributed by atoms with Gasteiger partial charge in [0.15, 0.2) is 19.0 Å². The lowest BCUT2D eigenvalue weighted by atomic mass is 10.1. The Morgan fingerprint density at radius 1 is 1.03 bits per heavy atom. The number of hydrogen-bond donors (Lipinski definition) is 1. The van der Waals surface area contributed by atoms with Crippen LogP contribution in [0.1, 0.15) is 34.8 Å². The minimum absolute atomic E-state index is 0.00365. The fraction of sp³-hybridized carbons (Fsp3) is 0.286. The number of amides is 1. The molecule has 0 aliphatic heterocycles. The van der Waals surface area contributed by atoms with Gasteiger partial charge in [0.25, 0.3) is 11.6 Å². The Labute approximate surface area is 173 Å². The number of rotatable bonds is 9. The largest absolute Gasteiger partial charge is 0.482 e. The van der Waals surface area contributed by atoms with Crippen LogP contribution < -0.4 is 10.1 Å². The minimum atomic E-state index is -0.783. The van der Waals surface area contributed by atoms with E-state index in [1.165, 1.54) is 6.07 Å². The van der Waals surface area contributed by atoms with E-state index in [1.54, 1.807) is 51.1 Å². The van der Waals surface area contributed by atoms with Crippen LogP contribution in [-0.2, 0) is 14.3 Å². The summed E-state index contributed by atoms with van der Waals surface area (Å²) in [6.07, 6.45) is 0.389. The molecule has 0 aliphatic carbocycles. The van der Waals surface area contributed by atoms with Crippen molar-refractivity contribution in [2.24, 2.45) is 0 Å². The summed E-state index contributed by atoms with van der Waals surface area (Å²) in [5.41, 5.74) is 1.69. The zero-order chi connectivity index (χ0) is 22.3. The lowest BCUT2D eigenvalue weighted by Gasteiger charge is -2.11. The van der Waals surface area contributed by atoms with E-state index in [1.807, 2.05) is 0 Å². The van der Waals surface area contributed by atoms with E-state index in [0.29, 0.717) is 23.3 Å². The number of carbonyl (C=O) groups excluding carboxylic acids is 3. The van der Waals surface area contributed by atoms with Gasteiger partial charge >= 0.3 is 5.97 Å². The van der Waals surface area contributed by atoms with Crippen molar-refractivity contribution in [1.82, 2.24) is 0 Å². The van der Waals surface area contributed by atoms with Crippen molar-refractivity contribution in [2.75, 3.05) is 18.5 Å². The molecule has 30 heavy (non-hydrogen) atoms. The van der Waals surface area contributed by atoms with Gasteiger partial charge in [-0.1, -0.05) is 13.0 Å². The van der Waals surface area contributed by atoms with Gasteiger partial charge < -0.3 is 14.8 Å². The number of nitrogens with zero attached hydrogens (tertiary/aromatic N) is 1. The summed E-state index contributed by atoms with van der Waals surface area (Å²) in [7, 11) is 0. The number of anilines is 1. The Morgan fingerprint density at radius 2 is 1.70 bits per heavy atom. The molecule has 0 aliphatic rings. The topological polar surface area (TPSA) is 125 Å². The van der Waals surface area contributed by atoms with Gasteiger partial charge in [0.05, 0.1) is 4.92 Å². The summed E-state index contributed by atoms with van der Waals surface area (Å²) in [5.74, 6) is -1.12. The molecule has 9 heteroatoms. The zero-order valence-electron chi connectivity index (χ0n) is 16.9. The van der Waals surface area contributed by atoms with E-state index in [0.717, 1.165) is 5.56 Å². The number of esters is 1. The Kier molecular flexibility index (Phi) is 7.62. The lowest BCUT2D eigenvalue weighted by Crippen LogP contribution is -2.24. The molecule has 0 saturated heterocycles. The summed E-state index contributed by atoms with van der Waals surface area (Å²) in [4.78, 5) is 46.0. The van der Waals surface area contributed by atoms with Crippen molar-refractivity contribution in [2.45, 2.75) is 27.2 Å². The van der Waals surface area contributed by atoms with Gasteiger partial charge in [-0.05, 0) is 49.2 Å². The smallest absolute Gasteiger partial charge is 0.344 e. The van der Waals surface area contributed by atoms with Gasteiger partial charge in [0.1, 0.15) is 11.4 Å². The normalized spacial score (nSPS) is 10.2. The second kappa shape index (κ2) is 10.1. The maximum atomic E-state index is 12.1. The Balaban J connectivity index is 1.87. The van der Waals surface area contributed by atoms with Crippen LogP contribution in [0.2, 0.25) is 0 Å². The van der Waals surface area contributed by atoms with Crippen LogP contribution in [0.15, 0.2) is 36.4 Å². The first kappa shape index (κ1) is 22.5. The number of carbonyl (C=O) groups is 3. The molecule has 2 rings (SSSR count). The number of aryl methyl sites for hydroxylation is 1. The van der Waals surface area contributed by atoms with E-state index in [4.69, 9.17) is 9.47 Å². The van der Waals surface area contributed by atoms with Crippen LogP contribution in [0, 0.1) is 24.0 Å². The Morgan fingerprint density at radius 3 is 2.30 bits per heavy atom. The highest BCUT2D eigenvalue weighted by Gasteiger charge is 2.20. The quantitative estimate of drug-likeness (QED) is 0.289. The van der Waals surface area contributed by atoms with Crippen molar-refractivity contribution in [1.29, 1.82) is 0 Å². The predicted octanol–water partition coefficient (Wildman–Crippen LogP) is 3.37. The van der Waals surface area contributed by atoms with E-state index in [2.05, 4.69) is 5.32 Å². The van der Waals surface area contributed by atoms with Gasteiger partial charge in [-0.3, -0.25) is 19.7 Å². The Bertz CT molecular complexity index is 968. The molecule has 1 N–H and O–H groups in total. The first-order chi connectivity index (χ1) is 14.2.